The Bertz CT molecular complexity index is 524. The minimum atomic E-state index is 0.573. The van der Waals surface area contributed by atoms with Crippen molar-refractivity contribution < 1.29 is 14.2 Å². The molecule has 2 fully saturated rings. The van der Waals surface area contributed by atoms with E-state index in [0.29, 0.717) is 11.8 Å². The molecule has 2 saturated heterocycles. The number of ether oxygens (including phenoxy) is 3. The summed E-state index contributed by atoms with van der Waals surface area (Å²) < 4.78 is 16.4. The fourth-order valence-corrected chi connectivity index (χ4v) is 3.93. The van der Waals surface area contributed by atoms with Gasteiger partial charge in [0.25, 0.3) is 0 Å². The standard InChI is InChI=1S/C18H28N2O3/c1-13-10-19-7-5-6-15(19)12-20(13)11-14-8-16(21-2)18(23-4)17(9-14)22-3/h8-9,13,15H,5-7,10-12H2,1-4H3/t13-,15-/m1/s1. The minimum Gasteiger partial charge on any atom is -0.493 e. The van der Waals surface area contributed by atoms with Crippen LogP contribution in [0.1, 0.15) is 25.3 Å². The molecular formula is C18H28N2O3. The highest BCUT2D eigenvalue weighted by atomic mass is 16.5. The minimum absolute atomic E-state index is 0.573. The Kier molecular flexibility index (Phi) is 4.97. The van der Waals surface area contributed by atoms with Crippen LogP contribution in [-0.4, -0.2) is 62.8 Å². The van der Waals surface area contributed by atoms with Gasteiger partial charge < -0.3 is 14.2 Å². The van der Waals surface area contributed by atoms with Crippen LogP contribution in [0.5, 0.6) is 17.2 Å². The number of methoxy groups -OCH3 is 3. The molecule has 5 heteroatoms. The topological polar surface area (TPSA) is 34.2 Å². The van der Waals surface area contributed by atoms with Gasteiger partial charge in [-0.05, 0) is 44.0 Å². The largest absolute Gasteiger partial charge is 0.493 e. The summed E-state index contributed by atoms with van der Waals surface area (Å²) in [4.78, 5) is 5.23. The van der Waals surface area contributed by atoms with Gasteiger partial charge in [-0.2, -0.15) is 0 Å². The molecule has 2 atom stereocenters. The van der Waals surface area contributed by atoms with Crippen molar-refractivity contribution >= 4 is 0 Å². The number of hydrogen-bond acceptors (Lipinski definition) is 5. The summed E-state index contributed by atoms with van der Waals surface area (Å²) in [6, 6.07) is 5.43. The number of nitrogens with zero attached hydrogens (tertiary/aromatic N) is 2. The van der Waals surface area contributed by atoms with E-state index in [1.807, 2.05) is 0 Å². The number of hydrogen-bond donors (Lipinski definition) is 0. The first-order valence-corrected chi connectivity index (χ1v) is 8.43. The van der Waals surface area contributed by atoms with E-state index in [-0.39, 0.29) is 0 Å². The van der Waals surface area contributed by atoms with Crippen LogP contribution in [0.25, 0.3) is 0 Å². The highest BCUT2D eigenvalue weighted by molar-refractivity contribution is 5.53. The lowest BCUT2D eigenvalue weighted by Gasteiger charge is -2.42. The van der Waals surface area contributed by atoms with Crippen molar-refractivity contribution in [1.29, 1.82) is 0 Å². The van der Waals surface area contributed by atoms with Crippen LogP contribution in [0.3, 0.4) is 0 Å². The van der Waals surface area contributed by atoms with E-state index in [1.54, 1.807) is 21.3 Å². The molecule has 0 amide bonds. The molecule has 1 aromatic carbocycles. The fraction of sp³-hybridized carbons (Fsp3) is 0.667. The first-order chi connectivity index (χ1) is 11.2. The summed E-state index contributed by atoms with van der Waals surface area (Å²) in [6.45, 7) is 6.84. The highest BCUT2D eigenvalue weighted by Gasteiger charge is 2.34. The maximum absolute atomic E-state index is 5.47. The number of fused-ring (bicyclic) bond motifs is 1. The molecule has 0 unspecified atom stereocenters. The molecule has 0 radical (unpaired) electrons. The van der Waals surface area contributed by atoms with E-state index in [0.717, 1.165) is 30.6 Å². The van der Waals surface area contributed by atoms with Crippen molar-refractivity contribution in [2.75, 3.05) is 41.0 Å². The van der Waals surface area contributed by atoms with Crippen LogP contribution in [0.15, 0.2) is 12.1 Å². The SMILES string of the molecule is COc1cc(CN2C[C@H]3CCCN3C[C@H]2C)cc(OC)c1OC. The van der Waals surface area contributed by atoms with Gasteiger partial charge in [0, 0.05) is 31.7 Å². The zero-order valence-electron chi connectivity index (χ0n) is 14.7. The van der Waals surface area contributed by atoms with Gasteiger partial charge in [-0.1, -0.05) is 0 Å². The predicted molar refractivity (Wildman–Crippen MR) is 90.6 cm³/mol. The summed E-state index contributed by atoms with van der Waals surface area (Å²) in [5.74, 6) is 2.12. The second kappa shape index (κ2) is 6.97. The molecule has 0 bridgehead atoms. The fourth-order valence-electron chi connectivity index (χ4n) is 3.93. The molecule has 2 aliphatic rings. The predicted octanol–water partition coefficient (Wildman–Crippen LogP) is 2.38. The average Bonchev–Trinajstić information content (AvgIpc) is 3.01. The van der Waals surface area contributed by atoms with Gasteiger partial charge in [0.15, 0.2) is 11.5 Å². The second-order valence-corrected chi connectivity index (χ2v) is 6.60. The normalized spacial score (nSPS) is 25.2. The molecule has 0 N–H and O–H groups in total. The maximum Gasteiger partial charge on any atom is 0.203 e. The molecule has 0 spiro atoms. The van der Waals surface area contributed by atoms with Gasteiger partial charge in [0.1, 0.15) is 0 Å². The highest BCUT2D eigenvalue weighted by Crippen LogP contribution is 2.39. The van der Waals surface area contributed by atoms with Crippen molar-refractivity contribution in [2.24, 2.45) is 0 Å². The maximum atomic E-state index is 5.47. The average molecular weight is 320 g/mol. The lowest BCUT2D eigenvalue weighted by atomic mass is 10.1. The summed E-state index contributed by atoms with van der Waals surface area (Å²) >= 11 is 0. The van der Waals surface area contributed by atoms with E-state index in [2.05, 4.69) is 28.9 Å². The lowest BCUT2D eigenvalue weighted by Crippen LogP contribution is -2.54. The zero-order chi connectivity index (χ0) is 16.4. The van der Waals surface area contributed by atoms with Gasteiger partial charge >= 0.3 is 0 Å². The van der Waals surface area contributed by atoms with Crippen molar-refractivity contribution in [1.82, 2.24) is 9.80 Å². The number of rotatable bonds is 5. The first-order valence-electron chi connectivity index (χ1n) is 8.43. The van der Waals surface area contributed by atoms with E-state index in [1.165, 1.54) is 31.5 Å². The molecule has 2 aliphatic heterocycles. The van der Waals surface area contributed by atoms with Crippen LogP contribution >= 0.6 is 0 Å². The molecule has 0 saturated carbocycles. The van der Waals surface area contributed by atoms with E-state index >= 15 is 0 Å². The third-order valence-electron chi connectivity index (χ3n) is 5.18. The van der Waals surface area contributed by atoms with Crippen molar-refractivity contribution in [2.45, 2.75) is 38.4 Å². The van der Waals surface area contributed by atoms with Gasteiger partial charge in [-0.25, -0.2) is 0 Å². The molecular weight excluding hydrogens is 292 g/mol. The van der Waals surface area contributed by atoms with Crippen molar-refractivity contribution in [3.8, 4) is 17.2 Å². The monoisotopic (exact) mass is 320 g/mol. The summed E-state index contributed by atoms with van der Waals surface area (Å²) in [7, 11) is 4.98. The molecule has 1 aromatic rings. The van der Waals surface area contributed by atoms with Gasteiger partial charge in [-0.3, -0.25) is 9.80 Å². The Morgan fingerprint density at radius 1 is 1.04 bits per heavy atom. The molecule has 0 aliphatic carbocycles. The van der Waals surface area contributed by atoms with Crippen molar-refractivity contribution in [3.05, 3.63) is 17.7 Å². The molecule has 3 rings (SSSR count). The van der Waals surface area contributed by atoms with Crippen molar-refractivity contribution in [3.63, 3.8) is 0 Å². The molecule has 5 nitrogen and oxygen atoms in total. The Morgan fingerprint density at radius 3 is 2.35 bits per heavy atom. The van der Waals surface area contributed by atoms with Crippen LogP contribution in [0.2, 0.25) is 0 Å². The van der Waals surface area contributed by atoms with Gasteiger partial charge in [-0.15, -0.1) is 0 Å². The van der Waals surface area contributed by atoms with E-state index < -0.39 is 0 Å². The third-order valence-corrected chi connectivity index (χ3v) is 5.18. The summed E-state index contributed by atoms with van der Waals surface area (Å²) in [5.41, 5.74) is 1.21. The Hall–Kier alpha value is -1.46. The summed E-state index contributed by atoms with van der Waals surface area (Å²) in [5, 5.41) is 0. The second-order valence-electron chi connectivity index (χ2n) is 6.60. The third kappa shape index (κ3) is 3.26. The Labute approximate surface area is 139 Å². The van der Waals surface area contributed by atoms with Gasteiger partial charge in [0.05, 0.1) is 21.3 Å². The van der Waals surface area contributed by atoms with Crippen LogP contribution < -0.4 is 14.2 Å². The first kappa shape index (κ1) is 16.4. The Morgan fingerprint density at radius 2 is 1.74 bits per heavy atom. The van der Waals surface area contributed by atoms with Crippen LogP contribution in [0, 0.1) is 0 Å². The Balaban J connectivity index is 1.79. The van der Waals surface area contributed by atoms with Gasteiger partial charge in [0.2, 0.25) is 5.75 Å². The molecule has 128 valence electrons. The molecule has 0 aromatic heterocycles. The van der Waals surface area contributed by atoms with E-state index in [4.69, 9.17) is 14.2 Å². The molecule has 23 heavy (non-hydrogen) atoms. The zero-order valence-corrected chi connectivity index (χ0v) is 14.7. The number of piperazine rings is 1. The molecule has 2 heterocycles. The quantitative estimate of drug-likeness (QED) is 0.832. The van der Waals surface area contributed by atoms with Crippen LogP contribution in [0.4, 0.5) is 0 Å². The smallest absolute Gasteiger partial charge is 0.203 e. The lowest BCUT2D eigenvalue weighted by molar-refractivity contribution is 0.0539. The summed E-state index contributed by atoms with van der Waals surface area (Å²) in [6.07, 6.45) is 2.67. The number of benzene rings is 1. The van der Waals surface area contributed by atoms with E-state index in [9.17, 15) is 0 Å². The van der Waals surface area contributed by atoms with Crippen LogP contribution in [-0.2, 0) is 6.54 Å².